The number of aromatic amines is 1. The van der Waals surface area contributed by atoms with Crippen LogP contribution in [0.15, 0.2) is 33.9 Å². The molecule has 2 N–H and O–H groups in total. The second-order valence-corrected chi connectivity index (χ2v) is 5.73. The van der Waals surface area contributed by atoms with Gasteiger partial charge in [-0.05, 0) is 25.0 Å². The van der Waals surface area contributed by atoms with Gasteiger partial charge >= 0.3 is 5.69 Å². The topological polar surface area (TPSA) is 84.0 Å². The molecule has 22 heavy (non-hydrogen) atoms. The largest absolute Gasteiger partial charge is 0.353 e. The summed E-state index contributed by atoms with van der Waals surface area (Å²) in [6.07, 6.45) is 4.46. The van der Waals surface area contributed by atoms with Gasteiger partial charge in [-0.1, -0.05) is 25.0 Å². The molecule has 116 valence electrons. The summed E-state index contributed by atoms with van der Waals surface area (Å²) in [7, 11) is 0. The number of H-pyrrole nitrogens is 1. The van der Waals surface area contributed by atoms with Gasteiger partial charge in [0.15, 0.2) is 0 Å². The van der Waals surface area contributed by atoms with Gasteiger partial charge in [0.05, 0.1) is 10.9 Å². The molecule has 0 unspecified atom stereocenters. The summed E-state index contributed by atoms with van der Waals surface area (Å²) in [6, 6.07) is 7.12. The zero-order chi connectivity index (χ0) is 15.5. The number of amides is 1. The minimum Gasteiger partial charge on any atom is -0.353 e. The molecule has 1 saturated carbocycles. The molecule has 0 bridgehead atoms. The highest BCUT2D eigenvalue weighted by Gasteiger charge is 2.17. The standard InChI is InChI=1S/C16H19N3O3/c20-14(17-11-5-1-2-6-11)9-10-19-15(21)12-7-3-4-8-13(12)18-16(19)22/h3-4,7-8,11H,1-2,5-6,9-10H2,(H,17,20)(H,18,22). The lowest BCUT2D eigenvalue weighted by Crippen LogP contribution is -2.38. The van der Waals surface area contributed by atoms with E-state index in [1.165, 1.54) is 0 Å². The van der Waals surface area contributed by atoms with Gasteiger partial charge < -0.3 is 10.3 Å². The van der Waals surface area contributed by atoms with Crippen molar-refractivity contribution < 1.29 is 4.79 Å². The van der Waals surface area contributed by atoms with Crippen molar-refractivity contribution in [1.82, 2.24) is 14.9 Å². The molecule has 0 atom stereocenters. The smallest absolute Gasteiger partial charge is 0.328 e. The molecular formula is C16H19N3O3. The molecule has 1 aliphatic rings. The first-order chi connectivity index (χ1) is 10.6. The van der Waals surface area contributed by atoms with Crippen molar-refractivity contribution in [2.75, 3.05) is 0 Å². The average molecular weight is 301 g/mol. The molecule has 1 aliphatic carbocycles. The van der Waals surface area contributed by atoms with Crippen molar-refractivity contribution in [3.8, 4) is 0 Å². The quantitative estimate of drug-likeness (QED) is 0.888. The Morgan fingerprint density at radius 1 is 1.23 bits per heavy atom. The first kappa shape index (κ1) is 14.6. The first-order valence-corrected chi connectivity index (χ1v) is 7.66. The molecule has 0 spiro atoms. The summed E-state index contributed by atoms with van der Waals surface area (Å²) in [5.74, 6) is -0.105. The molecule has 1 aromatic heterocycles. The fourth-order valence-electron chi connectivity index (χ4n) is 2.99. The number of nitrogens with zero attached hydrogens (tertiary/aromatic N) is 1. The van der Waals surface area contributed by atoms with E-state index in [0.717, 1.165) is 30.3 Å². The number of carbonyl (C=O) groups is 1. The fourth-order valence-corrected chi connectivity index (χ4v) is 2.99. The van der Waals surface area contributed by atoms with Crippen molar-refractivity contribution in [3.63, 3.8) is 0 Å². The highest BCUT2D eigenvalue weighted by atomic mass is 16.2. The van der Waals surface area contributed by atoms with Crippen molar-refractivity contribution in [1.29, 1.82) is 0 Å². The number of hydrogen-bond donors (Lipinski definition) is 2. The number of benzene rings is 1. The van der Waals surface area contributed by atoms with Crippen LogP contribution in [0.1, 0.15) is 32.1 Å². The molecule has 1 aromatic carbocycles. The summed E-state index contributed by atoms with van der Waals surface area (Å²) in [5.41, 5.74) is -0.311. The molecule has 6 heteroatoms. The van der Waals surface area contributed by atoms with Crippen LogP contribution in [0.3, 0.4) is 0 Å². The Hall–Kier alpha value is -2.37. The van der Waals surface area contributed by atoms with Gasteiger partial charge in [-0.15, -0.1) is 0 Å². The Morgan fingerprint density at radius 2 is 1.95 bits per heavy atom. The van der Waals surface area contributed by atoms with E-state index in [2.05, 4.69) is 10.3 Å². The maximum absolute atomic E-state index is 12.3. The number of rotatable bonds is 4. The summed E-state index contributed by atoms with van der Waals surface area (Å²) < 4.78 is 1.09. The summed E-state index contributed by atoms with van der Waals surface area (Å²) in [6.45, 7) is 0.0948. The monoisotopic (exact) mass is 301 g/mol. The number of aromatic nitrogens is 2. The van der Waals surface area contributed by atoms with Crippen LogP contribution in [0.4, 0.5) is 0 Å². The van der Waals surface area contributed by atoms with Crippen LogP contribution < -0.4 is 16.6 Å². The third kappa shape index (κ3) is 2.95. The molecule has 1 fully saturated rings. The molecule has 6 nitrogen and oxygen atoms in total. The van der Waals surface area contributed by atoms with Gasteiger partial charge in [-0.25, -0.2) is 4.79 Å². The van der Waals surface area contributed by atoms with Crippen LogP contribution in [0, 0.1) is 0 Å². The molecular weight excluding hydrogens is 282 g/mol. The van der Waals surface area contributed by atoms with E-state index in [4.69, 9.17) is 0 Å². The predicted octanol–water partition coefficient (Wildman–Crippen LogP) is 1.14. The van der Waals surface area contributed by atoms with Crippen LogP contribution >= 0.6 is 0 Å². The minimum atomic E-state index is -0.475. The van der Waals surface area contributed by atoms with Crippen LogP contribution in [0.2, 0.25) is 0 Å². The van der Waals surface area contributed by atoms with Crippen molar-refractivity contribution in [3.05, 3.63) is 45.1 Å². The zero-order valence-electron chi connectivity index (χ0n) is 12.3. The van der Waals surface area contributed by atoms with Gasteiger partial charge in [0, 0.05) is 19.0 Å². The average Bonchev–Trinajstić information content (AvgIpc) is 3.00. The number of hydrogen-bond acceptors (Lipinski definition) is 3. The third-order valence-corrected chi connectivity index (χ3v) is 4.17. The lowest BCUT2D eigenvalue weighted by molar-refractivity contribution is -0.122. The maximum atomic E-state index is 12.3. The molecule has 3 rings (SSSR count). The summed E-state index contributed by atoms with van der Waals surface area (Å²) in [4.78, 5) is 38.9. The number of para-hydroxylation sites is 1. The number of fused-ring (bicyclic) bond motifs is 1. The maximum Gasteiger partial charge on any atom is 0.328 e. The van der Waals surface area contributed by atoms with Crippen molar-refractivity contribution in [2.45, 2.75) is 44.7 Å². The molecule has 0 saturated heterocycles. The second kappa shape index (κ2) is 6.17. The lowest BCUT2D eigenvalue weighted by Gasteiger charge is -2.12. The molecule has 2 aromatic rings. The number of carbonyl (C=O) groups excluding carboxylic acids is 1. The Balaban J connectivity index is 1.75. The summed E-state index contributed by atoms with van der Waals surface area (Å²) in [5, 5.41) is 3.42. The lowest BCUT2D eigenvalue weighted by atomic mass is 10.2. The SMILES string of the molecule is O=C(CCn1c(=O)[nH]c2ccccc2c1=O)NC1CCCC1. The predicted molar refractivity (Wildman–Crippen MR) is 83.8 cm³/mol. The van der Waals surface area contributed by atoms with Crippen molar-refractivity contribution in [2.24, 2.45) is 0 Å². The van der Waals surface area contributed by atoms with Crippen molar-refractivity contribution >= 4 is 16.8 Å². The van der Waals surface area contributed by atoms with E-state index in [9.17, 15) is 14.4 Å². The van der Waals surface area contributed by atoms with E-state index >= 15 is 0 Å². The zero-order valence-corrected chi connectivity index (χ0v) is 12.3. The second-order valence-electron chi connectivity index (χ2n) is 5.73. The van der Waals surface area contributed by atoms with Gasteiger partial charge in [0.25, 0.3) is 5.56 Å². The van der Waals surface area contributed by atoms with E-state index < -0.39 is 5.69 Å². The minimum absolute atomic E-state index is 0.0948. The van der Waals surface area contributed by atoms with Crippen LogP contribution in [0.5, 0.6) is 0 Å². The van der Waals surface area contributed by atoms with E-state index in [1.54, 1.807) is 24.3 Å². The van der Waals surface area contributed by atoms with Gasteiger partial charge in [0.1, 0.15) is 0 Å². The molecule has 1 amide bonds. The highest BCUT2D eigenvalue weighted by Crippen LogP contribution is 2.17. The Bertz CT molecular complexity index is 800. The Kier molecular flexibility index (Phi) is 4.09. The third-order valence-electron chi connectivity index (χ3n) is 4.17. The molecule has 1 heterocycles. The number of nitrogens with one attached hydrogen (secondary N) is 2. The van der Waals surface area contributed by atoms with Gasteiger partial charge in [0.2, 0.25) is 5.91 Å². The van der Waals surface area contributed by atoms with Crippen LogP contribution in [0.25, 0.3) is 10.9 Å². The Labute approximate surface area is 127 Å². The summed E-state index contributed by atoms with van der Waals surface area (Å²) >= 11 is 0. The Morgan fingerprint density at radius 3 is 2.73 bits per heavy atom. The normalized spacial score (nSPS) is 15.3. The van der Waals surface area contributed by atoms with Gasteiger partial charge in [-0.3, -0.25) is 14.2 Å². The fraction of sp³-hybridized carbons (Fsp3) is 0.438. The van der Waals surface area contributed by atoms with Crippen LogP contribution in [-0.2, 0) is 11.3 Å². The highest BCUT2D eigenvalue weighted by molar-refractivity contribution is 5.77. The van der Waals surface area contributed by atoms with E-state index in [0.29, 0.717) is 10.9 Å². The van der Waals surface area contributed by atoms with Crippen LogP contribution in [-0.4, -0.2) is 21.5 Å². The molecule has 0 aliphatic heterocycles. The van der Waals surface area contributed by atoms with Gasteiger partial charge in [-0.2, -0.15) is 0 Å². The van der Waals surface area contributed by atoms with E-state index in [-0.39, 0.29) is 30.5 Å². The molecule has 0 radical (unpaired) electrons. The van der Waals surface area contributed by atoms with E-state index in [1.807, 2.05) is 0 Å². The first-order valence-electron chi connectivity index (χ1n) is 7.66.